The predicted octanol–water partition coefficient (Wildman–Crippen LogP) is 4.41. The van der Waals surface area contributed by atoms with Crippen LogP contribution >= 0.6 is 0 Å². The maximum Gasteiger partial charge on any atom is 0.161 e. The molecular weight excluding hydrogens is 288 g/mol. The van der Waals surface area contributed by atoms with E-state index in [1.165, 1.54) is 0 Å². The van der Waals surface area contributed by atoms with Crippen LogP contribution in [0.2, 0.25) is 0 Å². The van der Waals surface area contributed by atoms with E-state index < -0.39 is 0 Å². The third-order valence-electron chi connectivity index (χ3n) is 3.97. The van der Waals surface area contributed by atoms with Crippen LogP contribution in [0.3, 0.4) is 0 Å². The zero-order valence-electron chi connectivity index (χ0n) is 13.2. The minimum absolute atomic E-state index is 0.258. The molecule has 1 saturated carbocycles. The van der Waals surface area contributed by atoms with E-state index in [4.69, 9.17) is 9.47 Å². The summed E-state index contributed by atoms with van der Waals surface area (Å²) in [6.45, 7) is 0.496. The average molecular weight is 308 g/mol. The van der Waals surface area contributed by atoms with Crippen LogP contribution in [-0.2, 0) is 11.4 Å². The van der Waals surface area contributed by atoms with Gasteiger partial charge >= 0.3 is 0 Å². The fourth-order valence-corrected chi connectivity index (χ4v) is 2.72. The highest BCUT2D eigenvalue weighted by Crippen LogP contribution is 2.31. The molecule has 0 amide bonds. The minimum Gasteiger partial charge on any atom is -0.493 e. The zero-order chi connectivity index (χ0) is 16.1. The molecule has 0 bridgehead atoms. The van der Waals surface area contributed by atoms with E-state index in [2.05, 4.69) is 0 Å². The summed E-state index contributed by atoms with van der Waals surface area (Å²) in [5, 5.41) is 0. The van der Waals surface area contributed by atoms with Gasteiger partial charge in [-0.1, -0.05) is 36.4 Å². The second kappa shape index (κ2) is 7.14. The number of allylic oxidation sites excluding steroid dienone is 1. The largest absolute Gasteiger partial charge is 0.493 e. The Morgan fingerprint density at radius 3 is 2.57 bits per heavy atom. The number of Topliss-reactive ketones (excluding diaryl/α,β-unsaturated/α-hetero) is 1. The quantitative estimate of drug-likeness (QED) is 0.767. The second-order valence-electron chi connectivity index (χ2n) is 5.63. The van der Waals surface area contributed by atoms with Crippen LogP contribution < -0.4 is 9.47 Å². The molecule has 0 saturated heterocycles. The highest BCUT2D eigenvalue weighted by molar-refractivity contribution is 6.01. The van der Waals surface area contributed by atoms with Crippen LogP contribution in [0, 0.1) is 0 Å². The molecule has 0 unspecified atom stereocenters. The van der Waals surface area contributed by atoms with Crippen LogP contribution in [0.1, 0.15) is 30.4 Å². The number of hydrogen-bond donors (Lipinski definition) is 0. The molecule has 0 radical (unpaired) electrons. The molecule has 23 heavy (non-hydrogen) atoms. The van der Waals surface area contributed by atoms with Crippen molar-refractivity contribution in [3.63, 3.8) is 0 Å². The van der Waals surface area contributed by atoms with Gasteiger partial charge in [-0.3, -0.25) is 4.79 Å². The molecule has 118 valence electrons. The van der Waals surface area contributed by atoms with Gasteiger partial charge in [-0.25, -0.2) is 0 Å². The summed E-state index contributed by atoms with van der Waals surface area (Å²) in [4.78, 5) is 11.7. The number of ketones is 1. The number of carbonyl (C=O) groups excluding carboxylic acids is 1. The Morgan fingerprint density at radius 1 is 1.04 bits per heavy atom. The van der Waals surface area contributed by atoms with Crippen LogP contribution in [0.15, 0.2) is 54.1 Å². The first-order valence-electron chi connectivity index (χ1n) is 7.85. The Labute approximate surface area is 136 Å². The summed E-state index contributed by atoms with van der Waals surface area (Å²) in [7, 11) is 1.63. The molecule has 2 aromatic rings. The van der Waals surface area contributed by atoms with Gasteiger partial charge < -0.3 is 9.47 Å². The monoisotopic (exact) mass is 308 g/mol. The summed E-state index contributed by atoms with van der Waals surface area (Å²) < 4.78 is 11.3. The maximum absolute atomic E-state index is 11.7. The van der Waals surface area contributed by atoms with E-state index in [9.17, 15) is 4.79 Å². The van der Waals surface area contributed by atoms with E-state index >= 15 is 0 Å². The van der Waals surface area contributed by atoms with Crippen molar-refractivity contribution in [2.75, 3.05) is 7.11 Å². The smallest absolute Gasteiger partial charge is 0.161 e. The number of ether oxygens (including phenoxy) is 2. The van der Waals surface area contributed by atoms with Crippen LogP contribution in [0.4, 0.5) is 0 Å². The Hall–Kier alpha value is -2.55. The lowest BCUT2D eigenvalue weighted by atomic mass is 10.1. The third kappa shape index (κ3) is 3.81. The Morgan fingerprint density at radius 2 is 1.87 bits per heavy atom. The number of benzene rings is 2. The van der Waals surface area contributed by atoms with E-state index in [0.29, 0.717) is 24.5 Å². The fraction of sp³-hybridized carbons (Fsp3) is 0.250. The highest BCUT2D eigenvalue weighted by Gasteiger charge is 2.16. The first kappa shape index (κ1) is 15.3. The van der Waals surface area contributed by atoms with E-state index in [-0.39, 0.29) is 5.78 Å². The average Bonchev–Trinajstić information content (AvgIpc) is 2.99. The fourth-order valence-electron chi connectivity index (χ4n) is 2.72. The first-order chi connectivity index (χ1) is 11.3. The molecule has 0 atom stereocenters. The van der Waals surface area contributed by atoms with Gasteiger partial charge in [-0.15, -0.1) is 0 Å². The zero-order valence-corrected chi connectivity index (χ0v) is 13.2. The molecule has 1 aliphatic carbocycles. The molecule has 1 aliphatic rings. The number of hydrogen-bond acceptors (Lipinski definition) is 3. The van der Waals surface area contributed by atoms with Gasteiger partial charge in [0.25, 0.3) is 0 Å². The van der Waals surface area contributed by atoms with Crippen molar-refractivity contribution in [2.45, 2.75) is 25.9 Å². The second-order valence-corrected chi connectivity index (χ2v) is 5.63. The van der Waals surface area contributed by atoms with E-state index in [1.54, 1.807) is 7.11 Å². The van der Waals surface area contributed by atoms with Crippen molar-refractivity contribution in [2.24, 2.45) is 0 Å². The lowest BCUT2D eigenvalue weighted by Crippen LogP contribution is -1.98. The topological polar surface area (TPSA) is 35.5 Å². The summed E-state index contributed by atoms with van der Waals surface area (Å²) in [6, 6.07) is 15.8. The molecule has 3 nitrogen and oxygen atoms in total. The predicted molar refractivity (Wildman–Crippen MR) is 90.6 cm³/mol. The van der Waals surface area contributed by atoms with Crippen molar-refractivity contribution in [3.05, 3.63) is 65.2 Å². The summed E-state index contributed by atoms with van der Waals surface area (Å²) in [5.41, 5.74) is 2.99. The lowest BCUT2D eigenvalue weighted by Gasteiger charge is -2.11. The van der Waals surface area contributed by atoms with Crippen LogP contribution in [0.5, 0.6) is 11.5 Å². The molecular formula is C20H20O3. The normalized spacial score (nSPS) is 15.9. The molecule has 3 rings (SSSR count). The van der Waals surface area contributed by atoms with E-state index in [1.807, 2.05) is 54.6 Å². The van der Waals surface area contributed by atoms with E-state index in [0.717, 1.165) is 29.5 Å². The SMILES string of the molecule is COc1cc(/C=C2\CCCC2=O)ccc1OCc1ccccc1. The van der Waals surface area contributed by atoms with Gasteiger partial charge in [-0.2, -0.15) is 0 Å². The molecule has 1 fully saturated rings. The van der Waals surface area contributed by atoms with Gasteiger partial charge in [0, 0.05) is 6.42 Å². The Kier molecular flexibility index (Phi) is 4.77. The van der Waals surface area contributed by atoms with Crippen molar-refractivity contribution >= 4 is 11.9 Å². The molecule has 3 heteroatoms. The standard InChI is InChI=1S/C20H20O3/c1-22-20-13-16(12-17-8-5-9-18(17)21)10-11-19(20)23-14-15-6-3-2-4-7-15/h2-4,6-7,10-13H,5,8-9,14H2,1H3/b17-12+. The molecule has 0 heterocycles. The van der Waals surface area contributed by atoms with Crippen LogP contribution in [-0.4, -0.2) is 12.9 Å². The number of carbonyl (C=O) groups is 1. The highest BCUT2D eigenvalue weighted by atomic mass is 16.5. The van der Waals surface area contributed by atoms with Crippen molar-refractivity contribution < 1.29 is 14.3 Å². The molecule has 0 aliphatic heterocycles. The summed E-state index contributed by atoms with van der Waals surface area (Å²) in [6.07, 6.45) is 4.45. The minimum atomic E-state index is 0.258. The number of methoxy groups -OCH3 is 1. The van der Waals surface area contributed by atoms with Gasteiger partial charge in [-0.05, 0) is 47.8 Å². The summed E-state index contributed by atoms with van der Waals surface area (Å²) >= 11 is 0. The lowest BCUT2D eigenvalue weighted by molar-refractivity contribution is -0.114. The van der Waals surface area contributed by atoms with Gasteiger partial charge in [0.2, 0.25) is 0 Å². The maximum atomic E-state index is 11.7. The van der Waals surface area contributed by atoms with Crippen LogP contribution in [0.25, 0.3) is 6.08 Å². The number of rotatable bonds is 5. The first-order valence-corrected chi connectivity index (χ1v) is 7.85. The van der Waals surface area contributed by atoms with Crippen molar-refractivity contribution in [1.82, 2.24) is 0 Å². The molecule has 2 aromatic carbocycles. The Balaban J connectivity index is 1.76. The third-order valence-corrected chi connectivity index (χ3v) is 3.97. The van der Waals surface area contributed by atoms with Gasteiger partial charge in [0.1, 0.15) is 6.61 Å². The Bertz CT molecular complexity index is 717. The summed E-state index contributed by atoms with van der Waals surface area (Å²) in [5.74, 6) is 1.64. The van der Waals surface area contributed by atoms with Gasteiger partial charge in [0.15, 0.2) is 17.3 Å². The van der Waals surface area contributed by atoms with Crippen molar-refractivity contribution in [3.8, 4) is 11.5 Å². The molecule has 0 N–H and O–H groups in total. The van der Waals surface area contributed by atoms with Crippen molar-refractivity contribution in [1.29, 1.82) is 0 Å². The molecule has 0 aromatic heterocycles. The van der Waals surface area contributed by atoms with Gasteiger partial charge in [0.05, 0.1) is 7.11 Å². The molecule has 0 spiro atoms.